The molecule has 27 heavy (non-hydrogen) atoms. The molecule has 1 amide bonds. The predicted octanol–water partition coefficient (Wildman–Crippen LogP) is 2.18. The van der Waals surface area contributed by atoms with Crippen LogP contribution < -0.4 is 5.32 Å². The molecule has 10 heteroatoms. The first-order valence-electron chi connectivity index (χ1n) is 7.85. The number of carbonyl (C=O) groups is 1. The topological polar surface area (TPSA) is 97.2 Å². The fraction of sp³-hybridized carbons (Fsp3) is 0.118. The van der Waals surface area contributed by atoms with Crippen molar-refractivity contribution in [3.63, 3.8) is 0 Å². The summed E-state index contributed by atoms with van der Waals surface area (Å²) in [7, 11) is -2.47. The molecule has 8 nitrogen and oxygen atoms in total. The summed E-state index contributed by atoms with van der Waals surface area (Å²) in [6, 6.07) is 12.8. The summed E-state index contributed by atoms with van der Waals surface area (Å²) in [5.74, 6) is -0.484. The maximum Gasteiger partial charge on any atom is 0.243 e. The van der Waals surface area contributed by atoms with E-state index < -0.39 is 15.9 Å². The Kier molecular flexibility index (Phi) is 5.54. The van der Waals surface area contributed by atoms with E-state index in [1.54, 1.807) is 30.5 Å². The molecular formula is C17H16ClN5O3S. The number of benzene rings is 2. The summed E-state index contributed by atoms with van der Waals surface area (Å²) in [5.41, 5.74) is 1.11. The fourth-order valence-electron chi connectivity index (χ4n) is 2.38. The van der Waals surface area contributed by atoms with Crippen LogP contribution in [-0.2, 0) is 14.8 Å². The molecule has 1 aromatic heterocycles. The molecule has 0 bridgehead atoms. The Morgan fingerprint density at radius 3 is 2.56 bits per heavy atom. The molecule has 140 valence electrons. The molecule has 0 fully saturated rings. The lowest BCUT2D eigenvalue weighted by Gasteiger charge is -2.17. The first kappa shape index (κ1) is 19.0. The Morgan fingerprint density at radius 2 is 1.89 bits per heavy atom. The average Bonchev–Trinajstić information content (AvgIpc) is 3.17. The molecule has 0 unspecified atom stereocenters. The van der Waals surface area contributed by atoms with Crippen LogP contribution in [0.2, 0.25) is 5.02 Å². The Morgan fingerprint density at radius 1 is 1.19 bits per heavy atom. The number of likely N-dealkylation sites (N-methyl/N-ethyl adjacent to an activating group) is 1. The van der Waals surface area contributed by atoms with Crippen molar-refractivity contribution in [2.24, 2.45) is 0 Å². The van der Waals surface area contributed by atoms with Gasteiger partial charge in [0, 0.05) is 12.1 Å². The third-order valence-electron chi connectivity index (χ3n) is 3.74. The lowest BCUT2D eigenvalue weighted by molar-refractivity contribution is -0.116. The number of amides is 1. The number of hydrogen-bond donors (Lipinski definition) is 1. The van der Waals surface area contributed by atoms with Crippen molar-refractivity contribution in [1.29, 1.82) is 0 Å². The summed E-state index contributed by atoms with van der Waals surface area (Å²) < 4.78 is 27.6. The van der Waals surface area contributed by atoms with E-state index in [0.717, 1.165) is 4.31 Å². The molecular weight excluding hydrogens is 390 g/mol. The van der Waals surface area contributed by atoms with E-state index in [4.69, 9.17) is 11.6 Å². The second-order valence-corrected chi connectivity index (χ2v) is 8.11. The number of anilines is 1. The fourth-order valence-corrected chi connectivity index (χ4v) is 3.63. The van der Waals surface area contributed by atoms with Crippen LogP contribution in [0.4, 0.5) is 5.69 Å². The minimum Gasteiger partial charge on any atom is -0.323 e. The van der Waals surface area contributed by atoms with E-state index in [0.29, 0.717) is 16.4 Å². The van der Waals surface area contributed by atoms with Crippen molar-refractivity contribution < 1.29 is 13.2 Å². The lowest BCUT2D eigenvalue weighted by atomic mass is 10.2. The number of aromatic nitrogens is 3. The number of rotatable bonds is 6. The number of halogens is 1. The quantitative estimate of drug-likeness (QED) is 0.677. The van der Waals surface area contributed by atoms with Crippen LogP contribution in [0.15, 0.2) is 65.8 Å². The van der Waals surface area contributed by atoms with Crippen molar-refractivity contribution in [3.05, 3.63) is 65.9 Å². The zero-order chi connectivity index (χ0) is 19.4. The summed E-state index contributed by atoms with van der Waals surface area (Å²) in [6.45, 7) is -0.351. The van der Waals surface area contributed by atoms with Gasteiger partial charge in [-0.25, -0.2) is 13.1 Å². The van der Waals surface area contributed by atoms with Crippen molar-refractivity contribution in [1.82, 2.24) is 19.3 Å². The van der Waals surface area contributed by atoms with E-state index in [1.807, 2.05) is 0 Å². The molecule has 3 aromatic rings. The Labute approximate surface area is 161 Å². The number of sulfonamides is 1. The monoisotopic (exact) mass is 405 g/mol. The van der Waals surface area contributed by atoms with Crippen LogP contribution in [0, 0.1) is 0 Å². The Balaban J connectivity index is 1.74. The molecule has 3 rings (SSSR count). The van der Waals surface area contributed by atoms with Gasteiger partial charge in [0.1, 0.15) is 0 Å². The maximum absolute atomic E-state index is 12.6. The lowest BCUT2D eigenvalue weighted by Crippen LogP contribution is -2.35. The summed E-state index contributed by atoms with van der Waals surface area (Å²) >= 11 is 5.79. The van der Waals surface area contributed by atoms with Crippen LogP contribution >= 0.6 is 11.6 Å². The number of para-hydroxylation sites is 2. The Bertz CT molecular complexity index is 1040. The molecule has 0 saturated heterocycles. The van der Waals surface area contributed by atoms with Gasteiger partial charge in [0.05, 0.1) is 35.2 Å². The largest absolute Gasteiger partial charge is 0.323 e. The number of nitrogens with zero attached hydrogens (tertiary/aromatic N) is 4. The van der Waals surface area contributed by atoms with E-state index in [9.17, 15) is 13.2 Å². The highest BCUT2D eigenvalue weighted by atomic mass is 35.5. The molecule has 0 atom stereocenters. The van der Waals surface area contributed by atoms with E-state index in [2.05, 4.69) is 15.6 Å². The van der Waals surface area contributed by atoms with Gasteiger partial charge in [-0.2, -0.15) is 4.31 Å². The minimum atomic E-state index is -3.81. The molecule has 1 heterocycles. The highest BCUT2D eigenvalue weighted by molar-refractivity contribution is 7.89. The number of nitrogens with one attached hydrogen (secondary N) is 1. The number of hydrogen-bond acceptors (Lipinski definition) is 5. The molecule has 0 saturated carbocycles. The third kappa shape index (κ3) is 4.33. The van der Waals surface area contributed by atoms with Gasteiger partial charge in [-0.3, -0.25) is 4.79 Å². The summed E-state index contributed by atoms with van der Waals surface area (Å²) in [5, 5.41) is 10.8. The van der Waals surface area contributed by atoms with Crippen molar-refractivity contribution in [3.8, 4) is 5.69 Å². The predicted molar refractivity (Wildman–Crippen MR) is 101 cm³/mol. The molecule has 0 aliphatic heterocycles. The van der Waals surface area contributed by atoms with E-state index >= 15 is 0 Å². The summed E-state index contributed by atoms with van der Waals surface area (Å²) in [4.78, 5) is 12.5. The third-order valence-corrected chi connectivity index (χ3v) is 5.81. The van der Waals surface area contributed by atoms with E-state index in [1.165, 1.54) is 42.2 Å². The first-order valence-corrected chi connectivity index (χ1v) is 9.67. The van der Waals surface area contributed by atoms with Crippen LogP contribution in [0.5, 0.6) is 0 Å². The van der Waals surface area contributed by atoms with Crippen molar-refractivity contribution in [2.45, 2.75) is 4.90 Å². The normalized spacial score (nSPS) is 11.5. The standard InChI is InChI=1S/C17H16ClN5O3S/c1-22(27(25,26)14-8-6-13(18)7-9-14)12-17(24)20-15-4-2-3-5-16(15)23-11-10-19-21-23/h2-11H,12H2,1H3,(H,20,24). The zero-order valence-electron chi connectivity index (χ0n) is 14.3. The smallest absolute Gasteiger partial charge is 0.243 e. The minimum absolute atomic E-state index is 0.0604. The second-order valence-electron chi connectivity index (χ2n) is 5.63. The van der Waals surface area contributed by atoms with Gasteiger partial charge in [-0.15, -0.1) is 5.10 Å². The number of carbonyl (C=O) groups excluding carboxylic acids is 1. The van der Waals surface area contributed by atoms with Gasteiger partial charge in [-0.1, -0.05) is 28.9 Å². The SMILES string of the molecule is CN(CC(=O)Nc1ccccc1-n1ccnn1)S(=O)(=O)c1ccc(Cl)cc1. The van der Waals surface area contributed by atoms with Crippen molar-refractivity contribution >= 4 is 33.2 Å². The molecule has 2 aromatic carbocycles. The molecule has 1 N–H and O–H groups in total. The zero-order valence-corrected chi connectivity index (χ0v) is 15.9. The van der Waals surface area contributed by atoms with Gasteiger partial charge in [-0.05, 0) is 36.4 Å². The van der Waals surface area contributed by atoms with Gasteiger partial charge in [0.25, 0.3) is 0 Å². The van der Waals surface area contributed by atoms with Crippen molar-refractivity contribution in [2.75, 3.05) is 18.9 Å². The molecule has 0 spiro atoms. The van der Waals surface area contributed by atoms with Gasteiger partial charge in [0.2, 0.25) is 15.9 Å². The Hall–Kier alpha value is -2.75. The highest BCUT2D eigenvalue weighted by Gasteiger charge is 2.23. The highest BCUT2D eigenvalue weighted by Crippen LogP contribution is 2.20. The molecule has 0 aliphatic carbocycles. The van der Waals surface area contributed by atoms with Crippen LogP contribution in [0.25, 0.3) is 5.69 Å². The van der Waals surface area contributed by atoms with Crippen LogP contribution in [0.3, 0.4) is 0 Å². The van der Waals surface area contributed by atoms with Gasteiger partial charge < -0.3 is 5.32 Å². The van der Waals surface area contributed by atoms with Gasteiger partial charge in [0.15, 0.2) is 0 Å². The van der Waals surface area contributed by atoms with Crippen LogP contribution in [0.1, 0.15) is 0 Å². The first-order chi connectivity index (χ1) is 12.9. The summed E-state index contributed by atoms with van der Waals surface area (Å²) in [6.07, 6.45) is 3.16. The molecule has 0 aliphatic rings. The maximum atomic E-state index is 12.6. The second kappa shape index (κ2) is 7.87. The van der Waals surface area contributed by atoms with Crippen LogP contribution in [-0.4, -0.2) is 47.2 Å². The van der Waals surface area contributed by atoms with Gasteiger partial charge >= 0.3 is 0 Å². The average molecular weight is 406 g/mol. The van der Waals surface area contributed by atoms with E-state index in [-0.39, 0.29) is 11.4 Å². The molecule has 0 radical (unpaired) electrons.